The number of aryl methyl sites for hydroxylation is 1. The van der Waals surface area contributed by atoms with Crippen LogP contribution in [0.3, 0.4) is 0 Å². The molecule has 26 heteroatoms. The van der Waals surface area contributed by atoms with Crippen LogP contribution in [0.15, 0.2) is 12.5 Å². The molecule has 0 spiro atoms. The number of nitrogens with zero attached hydrogens (tertiary/aromatic N) is 3. The van der Waals surface area contributed by atoms with E-state index in [0.29, 0.717) is 43.2 Å². The molecule has 1 fully saturated rings. The summed E-state index contributed by atoms with van der Waals surface area (Å²) >= 11 is 0. The van der Waals surface area contributed by atoms with Gasteiger partial charge in [-0.25, -0.2) is 23.7 Å². The number of alkyl halides is 3. The van der Waals surface area contributed by atoms with Crippen molar-refractivity contribution >= 4 is 52.1 Å². The molecule has 0 aromatic carbocycles. The second-order valence-electron chi connectivity index (χ2n) is 10.4. The molecule has 1 aliphatic heterocycles. The van der Waals surface area contributed by atoms with Crippen LogP contribution in [0.1, 0.15) is 50.3 Å². The number of aliphatic hydroxyl groups excluding tert-OH is 1. The van der Waals surface area contributed by atoms with Crippen LogP contribution in [-0.2, 0) is 47.6 Å². The number of anilines is 1. The van der Waals surface area contributed by atoms with E-state index in [1.807, 2.05) is 0 Å². The molecular formula is C22H34F3N6O14P3. The summed E-state index contributed by atoms with van der Waals surface area (Å²) in [5.41, 5.74) is 6.89. The number of aliphatic hydroxyl groups is 1. The van der Waals surface area contributed by atoms with E-state index < -0.39 is 60.6 Å². The highest BCUT2D eigenvalue weighted by molar-refractivity contribution is 7.66. The smallest absolute Gasteiger partial charge is 0.390 e. The molecule has 5 atom stereocenters. The van der Waals surface area contributed by atoms with Gasteiger partial charge in [-0.2, -0.15) is 21.8 Å². The molecule has 2 amide bonds. The topological polar surface area (TPSA) is 304 Å². The summed E-state index contributed by atoms with van der Waals surface area (Å²) in [5.74, 6) is -2.21. The van der Waals surface area contributed by atoms with Gasteiger partial charge in [0.15, 0.2) is 0 Å². The van der Waals surface area contributed by atoms with Crippen LogP contribution in [0.4, 0.5) is 19.0 Å². The number of aromatic nitrogens is 3. The van der Waals surface area contributed by atoms with E-state index in [2.05, 4.69) is 28.4 Å². The molecule has 3 unspecified atom stereocenters. The number of hydrogen-bond donors (Lipinski definition) is 8. The fourth-order valence-electron chi connectivity index (χ4n) is 4.57. The number of fused-ring (bicyclic) bond motifs is 1. The zero-order valence-electron chi connectivity index (χ0n) is 24.8. The minimum Gasteiger partial charge on any atom is -0.390 e. The zero-order valence-corrected chi connectivity index (χ0v) is 27.4. The van der Waals surface area contributed by atoms with Crippen molar-refractivity contribution in [2.24, 2.45) is 0 Å². The number of carbonyl (C=O) groups is 2. The molecule has 272 valence electrons. The maximum Gasteiger partial charge on any atom is 0.490 e. The van der Waals surface area contributed by atoms with Crippen molar-refractivity contribution in [2.45, 2.75) is 69.6 Å². The van der Waals surface area contributed by atoms with E-state index in [1.54, 1.807) is 11.5 Å². The van der Waals surface area contributed by atoms with Gasteiger partial charge >= 0.3 is 35.6 Å². The molecule has 0 bridgehead atoms. The van der Waals surface area contributed by atoms with E-state index in [1.165, 1.54) is 10.9 Å². The molecule has 48 heavy (non-hydrogen) atoms. The van der Waals surface area contributed by atoms with Gasteiger partial charge in [0.05, 0.1) is 18.1 Å². The van der Waals surface area contributed by atoms with E-state index in [-0.39, 0.29) is 43.2 Å². The largest absolute Gasteiger partial charge is 0.490 e. The molecule has 9 N–H and O–H groups in total. The number of nitrogens with two attached hydrogens (primary N) is 1. The number of carbonyl (C=O) groups excluding carboxylic acids is 2. The summed E-state index contributed by atoms with van der Waals surface area (Å²) in [6.07, 6.45) is -3.59. The summed E-state index contributed by atoms with van der Waals surface area (Å²) in [5, 5.41) is 15.4. The summed E-state index contributed by atoms with van der Waals surface area (Å²) in [6.45, 7) is -0.672. The van der Waals surface area contributed by atoms with Gasteiger partial charge in [0.1, 0.15) is 30.1 Å². The summed E-state index contributed by atoms with van der Waals surface area (Å²) in [7, 11) is -16.8. The Morgan fingerprint density at radius 1 is 1.02 bits per heavy atom. The molecule has 0 aliphatic carbocycles. The third-order valence-electron chi connectivity index (χ3n) is 6.64. The number of phosphoric ester groups is 1. The molecule has 0 saturated carbocycles. The van der Waals surface area contributed by atoms with Crippen LogP contribution >= 0.6 is 23.5 Å². The predicted molar refractivity (Wildman–Crippen MR) is 155 cm³/mol. The first kappa shape index (κ1) is 39.9. The zero-order chi connectivity index (χ0) is 35.9. The molecule has 2 aromatic heterocycles. The standard InChI is InChI=1S/C22H34F3N6O14P3/c23-22(24,25)21(34)28-8-4-2-1-3-7-27-16(33)6-5-13-10-31(20-18(13)19(26)29-12-30-20)17-9-14(32)15(43-17)11-42-47(38,39)45-48(40,41)44-46(35,36)37/h10,12,14-15,17,32H,1-9,11H2,(H,27,33)(H,28,34)(H,38,39)(H,40,41)(H2,26,29,30)(H2,35,36,37)/t14?,15-,17-/m1/s1. The molecule has 20 nitrogen and oxygen atoms in total. The number of ether oxygens (including phenoxy) is 1. The first-order valence-corrected chi connectivity index (χ1v) is 18.5. The number of rotatable bonds is 18. The van der Waals surface area contributed by atoms with Gasteiger partial charge in [-0.1, -0.05) is 12.8 Å². The van der Waals surface area contributed by atoms with Crippen molar-refractivity contribution in [3.63, 3.8) is 0 Å². The first-order chi connectivity index (χ1) is 22.2. The Balaban J connectivity index is 1.52. The third-order valence-corrected chi connectivity index (χ3v) is 10.4. The van der Waals surface area contributed by atoms with Crippen LogP contribution in [0.25, 0.3) is 11.0 Å². The first-order valence-electron chi connectivity index (χ1n) is 14.0. The van der Waals surface area contributed by atoms with Crippen LogP contribution in [0.5, 0.6) is 0 Å². The highest BCUT2D eigenvalue weighted by Gasteiger charge is 2.43. The number of nitrogen functional groups attached to an aromatic ring is 1. The second-order valence-corrected chi connectivity index (χ2v) is 14.8. The van der Waals surface area contributed by atoms with Crippen LogP contribution in [0, 0.1) is 0 Å². The van der Waals surface area contributed by atoms with Gasteiger partial charge in [-0.15, -0.1) is 0 Å². The molecule has 3 rings (SSSR count). The summed E-state index contributed by atoms with van der Waals surface area (Å²) < 4.78 is 90.0. The Kier molecular flexibility index (Phi) is 13.7. The Morgan fingerprint density at radius 3 is 2.29 bits per heavy atom. The number of nitrogens with one attached hydrogen (secondary N) is 2. The van der Waals surface area contributed by atoms with Crippen molar-refractivity contribution in [3.8, 4) is 0 Å². The Labute approximate surface area is 269 Å². The highest BCUT2D eigenvalue weighted by atomic mass is 31.3. The van der Waals surface area contributed by atoms with Gasteiger partial charge in [0.25, 0.3) is 0 Å². The average Bonchev–Trinajstić information content (AvgIpc) is 3.50. The van der Waals surface area contributed by atoms with Gasteiger partial charge < -0.3 is 50.4 Å². The SMILES string of the molecule is Nc1ncnc2c1c(CCC(=O)NCCCCCCNC(=O)C(F)(F)F)cn2[C@H]1CC(O)[C@@H](COP(=O)(O)OP(=O)(O)OP(=O)(O)O)O1. The second kappa shape index (κ2) is 16.5. The minimum absolute atomic E-state index is 0.0216. The minimum atomic E-state index is -5.74. The van der Waals surface area contributed by atoms with Crippen LogP contribution in [-0.4, -0.2) is 89.1 Å². The number of hydrogen-bond acceptors (Lipinski definition) is 13. The lowest BCUT2D eigenvalue weighted by atomic mass is 10.1. The van der Waals surface area contributed by atoms with Crippen molar-refractivity contribution in [1.82, 2.24) is 25.2 Å². The monoisotopic (exact) mass is 756 g/mol. The van der Waals surface area contributed by atoms with Crippen molar-refractivity contribution < 1.29 is 79.0 Å². The van der Waals surface area contributed by atoms with Crippen molar-refractivity contribution in [1.29, 1.82) is 0 Å². The van der Waals surface area contributed by atoms with Crippen molar-refractivity contribution in [2.75, 3.05) is 25.4 Å². The fourth-order valence-corrected chi connectivity index (χ4v) is 7.60. The Morgan fingerprint density at radius 2 is 1.67 bits per heavy atom. The number of unbranched alkanes of at least 4 members (excludes halogenated alkanes) is 3. The molecule has 3 heterocycles. The van der Waals surface area contributed by atoms with E-state index in [9.17, 15) is 51.3 Å². The Hall–Kier alpha value is -2.52. The van der Waals surface area contributed by atoms with Crippen molar-refractivity contribution in [3.05, 3.63) is 18.1 Å². The van der Waals surface area contributed by atoms with Gasteiger partial charge in [0, 0.05) is 32.1 Å². The quantitative estimate of drug-likeness (QED) is 0.0785. The molecule has 1 aliphatic rings. The summed E-state index contributed by atoms with van der Waals surface area (Å²) in [6, 6.07) is 0. The number of amides is 2. The Bertz CT molecular complexity index is 1590. The third kappa shape index (κ3) is 12.4. The predicted octanol–water partition coefficient (Wildman–Crippen LogP) is 1.29. The van der Waals surface area contributed by atoms with Crippen LogP contribution in [0.2, 0.25) is 0 Å². The maximum absolute atomic E-state index is 12.5. The van der Waals surface area contributed by atoms with Gasteiger partial charge in [-0.3, -0.25) is 14.1 Å². The molecule has 1 saturated heterocycles. The maximum atomic E-state index is 12.5. The van der Waals surface area contributed by atoms with E-state index in [0.717, 1.165) is 0 Å². The molecule has 2 aromatic rings. The number of halogens is 3. The van der Waals surface area contributed by atoms with E-state index in [4.69, 9.17) is 20.3 Å². The average molecular weight is 756 g/mol. The molecular weight excluding hydrogens is 722 g/mol. The fraction of sp³-hybridized carbons (Fsp3) is 0.636. The highest BCUT2D eigenvalue weighted by Crippen LogP contribution is 2.66. The number of phosphoric acid groups is 3. The lowest BCUT2D eigenvalue weighted by Gasteiger charge is -2.19. The van der Waals surface area contributed by atoms with E-state index >= 15 is 0 Å². The molecule has 0 radical (unpaired) electrons. The lowest BCUT2D eigenvalue weighted by Crippen LogP contribution is -2.37. The summed E-state index contributed by atoms with van der Waals surface area (Å²) in [4.78, 5) is 67.6. The van der Waals surface area contributed by atoms with Gasteiger partial charge in [0.2, 0.25) is 5.91 Å². The lowest BCUT2D eigenvalue weighted by molar-refractivity contribution is -0.173. The normalized spacial score (nSPS) is 21.1. The van der Waals surface area contributed by atoms with Crippen LogP contribution < -0.4 is 16.4 Å². The van der Waals surface area contributed by atoms with Gasteiger partial charge in [-0.05, 0) is 24.8 Å².